The number of rotatable bonds is 4. The van der Waals surface area contributed by atoms with Gasteiger partial charge in [0.25, 0.3) is 5.56 Å². The van der Waals surface area contributed by atoms with Crippen molar-refractivity contribution in [2.24, 2.45) is 0 Å². The molecular formula is C15H13ClN4O2S. The molecule has 1 atom stereocenters. The molecule has 0 spiro atoms. The Bertz CT molecular complexity index is 893. The molecule has 0 amide bonds. The van der Waals surface area contributed by atoms with E-state index in [0.29, 0.717) is 10.8 Å². The fraction of sp³-hybridized carbons (Fsp3) is 0.200. The summed E-state index contributed by atoms with van der Waals surface area (Å²) in [5, 5.41) is 10.2. The van der Waals surface area contributed by atoms with Crippen molar-refractivity contribution < 1.29 is 4.74 Å². The largest absolute Gasteiger partial charge is 0.495 e. The second-order valence-corrected chi connectivity index (χ2v) is 6.27. The van der Waals surface area contributed by atoms with Gasteiger partial charge in [-0.25, -0.2) is 0 Å². The summed E-state index contributed by atoms with van der Waals surface area (Å²) in [6.45, 7) is 1.89. The quantitative estimate of drug-likeness (QED) is 0.724. The maximum absolute atomic E-state index is 12.0. The minimum atomic E-state index is -0.232. The summed E-state index contributed by atoms with van der Waals surface area (Å²) in [7, 11) is 1.58. The van der Waals surface area contributed by atoms with Crippen LogP contribution in [0.15, 0.2) is 41.6 Å². The fourth-order valence-corrected chi connectivity index (χ4v) is 3.10. The van der Waals surface area contributed by atoms with Crippen molar-refractivity contribution in [2.45, 2.75) is 13.0 Å². The maximum Gasteiger partial charge on any atom is 0.252 e. The van der Waals surface area contributed by atoms with Gasteiger partial charge in [-0.05, 0) is 19.1 Å². The molecule has 3 heterocycles. The smallest absolute Gasteiger partial charge is 0.252 e. The molecule has 3 rings (SSSR count). The SMILES string of the molecule is COc1cncc(-c2nnc(C(C)n3ccc(Cl)cc3=O)s2)c1. The number of aromatic nitrogens is 4. The van der Waals surface area contributed by atoms with E-state index in [1.54, 1.807) is 36.3 Å². The standard InChI is InChI=1S/C15H13ClN4O2S/c1-9(20-4-3-11(16)6-13(20)21)14-18-19-15(23-14)10-5-12(22-2)8-17-7-10/h3-9H,1-2H3. The van der Waals surface area contributed by atoms with Crippen LogP contribution in [0.3, 0.4) is 0 Å². The van der Waals surface area contributed by atoms with Crippen LogP contribution in [0.2, 0.25) is 5.02 Å². The molecule has 118 valence electrons. The molecule has 3 aromatic rings. The fourth-order valence-electron chi connectivity index (χ4n) is 2.07. The predicted octanol–water partition coefficient (Wildman–Crippen LogP) is 3.03. The van der Waals surface area contributed by atoms with Gasteiger partial charge < -0.3 is 9.30 Å². The van der Waals surface area contributed by atoms with Crippen LogP contribution in [0.25, 0.3) is 10.6 Å². The van der Waals surface area contributed by atoms with Gasteiger partial charge in [-0.15, -0.1) is 10.2 Å². The van der Waals surface area contributed by atoms with E-state index in [1.165, 1.54) is 17.4 Å². The summed E-state index contributed by atoms with van der Waals surface area (Å²) >= 11 is 7.23. The molecule has 6 nitrogen and oxygen atoms in total. The number of ether oxygens (including phenoxy) is 1. The van der Waals surface area contributed by atoms with Crippen LogP contribution in [0, 0.1) is 0 Å². The van der Waals surface area contributed by atoms with Gasteiger partial charge in [0.2, 0.25) is 0 Å². The minimum Gasteiger partial charge on any atom is -0.495 e. The first-order chi connectivity index (χ1) is 11.1. The Hall–Kier alpha value is -2.25. The van der Waals surface area contributed by atoms with Crippen LogP contribution in [0.4, 0.5) is 0 Å². The van der Waals surface area contributed by atoms with Gasteiger partial charge in [-0.2, -0.15) is 0 Å². The Morgan fingerprint density at radius 1 is 1.30 bits per heavy atom. The molecule has 0 saturated heterocycles. The van der Waals surface area contributed by atoms with Crippen molar-refractivity contribution in [3.63, 3.8) is 0 Å². The van der Waals surface area contributed by atoms with Crippen LogP contribution < -0.4 is 10.3 Å². The topological polar surface area (TPSA) is 69.9 Å². The average molecular weight is 349 g/mol. The van der Waals surface area contributed by atoms with Gasteiger partial charge in [0.05, 0.1) is 19.3 Å². The van der Waals surface area contributed by atoms with E-state index in [9.17, 15) is 4.79 Å². The highest BCUT2D eigenvalue weighted by Gasteiger charge is 2.16. The van der Waals surface area contributed by atoms with Crippen molar-refractivity contribution >= 4 is 22.9 Å². The second kappa shape index (κ2) is 6.47. The summed E-state index contributed by atoms with van der Waals surface area (Å²) in [5.74, 6) is 0.654. The Morgan fingerprint density at radius 3 is 2.87 bits per heavy atom. The van der Waals surface area contributed by atoms with E-state index in [-0.39, 0.29) is 11.6 Å². The highest BCUT2D eigenvalue weighted by atomic mass is 35.5. The van der Waals surface area contributed by atoms with Crippen LogP contribution >= 0.6 is 22.9 Å². The van der Waals surface area contributed by atoms with Crippen LogP contribution in [0.1, 0.15) is 18.0 Å². The van der Waals surface area contributed by atoms with Crippen LogP contribution in [0.5, 0.6) is 5.75 Å². The lowest BCUT2D eigenvalue weighted by Gasteiger charge is -2.11. The van der Waals surface area contributed by atoms with Gasteiger partial charge in [-0.3, -0.25) is 9.78 Å². The Labute approximate surface area is 141 Å². The second-order valence-electron chi connectivity index (χ2n) is 4.83. The van der Waals surface area contributed by atoms with Gasteiger partial charge >= 0.3 is 0 Å². The van der Waals surface area contributed by atoms with Gasteiger partial charge in [0.15, 0.2) is 0 Å². The Kier molecular flexibility index (Phi) is 4.40. The average Bonchev–Trinajstić information content (AvgIpc) is 3.04. The molecule has 0 fully saturated rings. The van der Waals surface area contributed by atoms with Crippen molar-refractivity contribution in [1.82, 2.24) is 19.7 Å². The van der Waals surface area contributed by atoms with E-state index in [4.69, 9.17) is 16.3 Å². The first-order valence-corrected chi connectivity index (χ1v) is 7.98. The highest BCUT2D eigenvalue weighted by molar-refractivity contribution is 7.14. The predicted molar refractivity (Wildman–Crippen MR) is 89.2 cm³/mol. The van der Waals surface area contributed by atoms with Gasteiger partial charge in [0, 0.05) is 29.0 Å². The van der Waals surface area contributed by atoms with E-state index in [2.05, 4.69) is 15.2 Å². The summed E-state index contributed by atoms with van der Waals surface area (Å²) in [4.78, 5) is 16.1. The van der Waals surface area contributed by atoms with Crippen molar-refractivity contribution in [3.05, 3.63) is 57.2 Å². The minimum absolute atomic E-state index is 0.176. The summed E-state index contributed by atoms with van der Waals surface area (Å²) in [6.07, 6.45) is 4.98. The van der Waals surface area contributed by atoms with Gasteiger partial charge in [0.1, 0.15) is 15.8 Å². The van der Waals surface area contributed by atoms with E-state index >= 15 is 0 Å². The molecule has 8 heteroatoms. The lowest BCUT2D eigenvalue weighted by molar-refractivity contribution is 0.413. The molecule has 0 N–H and O–H groups in total. The van der Waals surface area contributed by atoms with Crippen molar-refractivity contribution in [3.8, 4) is 16.3 Å². The molecular weight excluding hydrogens is 336 g/mol. The zero-order valence-corrected chi connectivity index (χ0v) is 14.0. The third kappa shape index (κ3) is 3.25. The summed E-state index contributed by atoms with van der Waals surface area (Å²) in [6, 6.07) is 4.67. The number of methoxy groups -OCH3 is 1. The zero-order valence-electron chi connectivity index (χ0n) is 12.4. The molecule has 0 aliphatic heterocycles. The molecule has 23 heavy (non-hydrogen) atoms. The molecule has 0 saturated carbocycles. The van der Waals surface area contributed by atoms with Crippen molar-refractivity contribution in [1.29, 1.82) is 0 Å². The molecule has 0 aliphatic rings. The number of halogens is 1. The number of hydrogen-bond acceptors (Lipinski definition) is 6. The first-order valence-electron chi connectivity index (χ1n) is 6.79. The summed E-state index contributed by atoms with van der Waals surface area (Å²) in [5.41, 5.74) is 0.647. The normalized spacial score (nSPS) is 12.1. The highest BCUT2D eigenvalue weighted by Crippen LogP contribution is 2.29. The molecule has 0 bridgehead atoms. The van der Waals surface area contributed by atoms with Crippen LogP contribution in [-0.2, 0) is 0 Å². The molecule has 0 aromatic carbocycles. The van der Waals surface area contributed by atoms with Crippen molar-refractivity contribution in [2.75, 3.05) is 7.11 Å². The summed E-state index contributed by atoms with van der Waals surface area (Å²) < 4.78 is 6.73. The monoisotopic (exact) mass is 348 g/mol. The molecule has 1 unspecified atom stereocenters. The molecule has 0 aliphatic carbocycles. The van der Waals surface area contributed by atoms with E-state index in [1.807, 2.05) is 13.0 Å². The molecule has 0 radical (unpaired) electrons. The number of nitrogens with zero attached hydrogens (tertiary/aromatic N) is 4. The lowest BCUT2D eigenvalue weighted by atomic mass is 10.3. The number of pyridine rings is 2. The number of hydrogen-bond donors (Lipinski definition) is 0. The van der Waals surface area contributed by atoms with E-state index in [0.717, 1.165) is 15.6 Å². The molecule has 3 aromatic heterocycles. The Balaban J connectivity index is 1.93. The van der Waals surface area contributed by atoms with E-state index < -0.39 is 0 Å². The lowest BCUT2D eigenvalue weighted by Crippen LogP contribution is -2.22. The van der Waals surface area contributed by atoms with Gasteiger partial charge in [-0.1, -0.05) is 22.9 Å². The maximum atomic E-state index is 12.0. The zero-order chi connectivity index (χ0) is 16.4. The first kappa shape index (κ1) is 15.6. The third-order valence-corrected chi connectivity index (χ3v) is 4.70. The Morgan fingerprint density at radius 2 is 2.13 bits per heavy atom. The third-order valence-electron chi connectivity index (χ3n) is 3.32. The van der Waals surface area contributed by atoms with Crippen LogP contribution in [-0.4, -0.2) is 26.9 Å².